The Balaban J connectivity index is 1.36. The van der Waals surface area contributed by atoms with Gasteiger partial charge in [-0.3, -0.25) is 14.9 Å². The van der Waals surface area contributed by atoms with Crippen molar-refractivity contribution in [1.82, 2.24) is 10.2 Å². The molecule has 0 aromatic heterocycles. The molecule has 2 amide bonds. The first-order chi connectivity index (χ1) is 18.3. The van der Waals surface area contributed by atoms with Crippen molar-refractivity contribution < 1.29 is 19.1 Å². The average Bonchev–Trinajstić information content (AvgIpc) is 2.92. The molecule has 1 saturated heterocycles. The number of aryl methyl sites for hydroxylation is 1. The summed E-state index contributed by atoms with van der Waals surface area (Å²) in [6.07, 6.45) is 0. The topological polar surface area (TPSA) is 83.1 Å². The number of nitrogens with one attached hydrogen (secondary N) is 2. The summed E-state index contributed by atoms with van der Waals surface area (Å²) in [4.78, 5) is 29.8. The van der Waals surface area contributed by atoms with Gasteiger partial charge in [-0.2, -0.15) is 0 Å². The van der Waals surface area contributed by atoms with Crippen molar-refractivity contribution in [3.8, 4) is 11.5 Å². The number of hydrogen-bond donors (Lipinski definition) is 2. The number of thiocarbonyl (C=S) groups is 1. The predicted molar refractivity (Wildman–Crippen MR) is 154 cm³/mol. The van der Waals surface area contributed by atoms with Crippen LogP contribution < -0.4 is 25.0 Å². The van der Waals surface area contributed by atoms with Gasteiger partial charge in [-0.15, -0.1) is 0 Å². The fraction of sp³-hybridized carbons (Fsp3) is 0.250. The normalized spacial score (nSPS) is 13.1. The molecule has 0 radical (unpaired) electrons. The van der Waals surface area contributed by atoms with Gasteiger partial charge in [0, 0.05) is 37.4 Å². The van der Waals surface area contributed by atoms with Gasteiger partial charge < -0.3 is 24.6 Å². The van der Waals surface area contributed by atoms with E-state index in [1.54, 1.807) is 24.3 Å². The summed E-state index contributed by atoms with van der Waals surface area (Å²) < 4.78 is 10.6. The van der Waals surface area contributed by atoms with Crippen LogP contribution in [0.1, 0.15) is 26.3 Å². The van der Waals surface area contributed by atoms with Gasteiger partial charge in [0.25, 0.3) is 11.8 Å². The van der Waals surface area contributed by atoms with E-state index in [1.165, 1.54) is 14.2 Å². The van der Waals surface area contributed by atoms with Gasteiger partial charge in [-0.1, -0.05) is 35.9 Å². The number of rotatable bonds is 6. The summed E-state index contributed by atoms with van der Waals surface area (Å²) in [6.45, 7) is 4.49. The molecule has 1 fully saturated rings. The van der Waals surface area contributed by atoms with Crippen molar-refractivity contribution in [2.24, 2.45) is 0 Å². The largest absolute Gasteiger partial charge is 0.496 e. The molecule has 0 spiro atoms. The van der Waals surface area contributed by atoms with Gasteiger partial charge in [-0.25, -0.2) is 0 Å². The lowest BCUT2D eigenvalue weighted by Crippen LogP contribution is -2.49. The van der Waals surface area contributed by atoms with Crippen molar-refractivity contribution in [3.05, 3.63) is 82.4 Å². The van der Waals surface area contributed by atoms with Gasteiger partial charge in [-0.05, 0) is 61.1 Å². The minimum absolute atomic E-state index is 0.0506. The number of piperazine rings is 1. The molecular weight excluding hydrogens is 524 g/mol. The van der Waals surface area contributed by atoms with Gasteiger partial charge in [0.05, 0.1) is 24.9 Å². The standard InChI is InChI=1S/C28H29ClN4O4S/c1-18-7-4-5-8-20(18)27(35)33-15-13-32(14-16-33)22-12-11-19(17-21(22)29)30-28(38)31-26(34)25-23(36-2)9-6-10-24(25)37-3/h4-12,17H,13-16H2,1-3H3,(H2,30,31,34,38). The Kier molecular flexibility index (Phi) is 8.70. The van der Waals surface area contributed by atoms with Crippen LogP contribution in [0.5, 0.6) is 11.5 Å². The molecule has 3 aromatic carbocycles. The number of hydrogen-bond acceptors (Lipinski definition) is 6. The van der Waals surface area contributed by atoms with Crippen LogP contribution in [0.2, 0.25) is 5.02 Å². The molecule has 8 nitrogen and oxygen atoms in total. The molecule has 0 saturated carbocycles. The highest BCUT2D eigenvalue weighted by Gasteiger charge is 2.24. The zero-order valence-corrected chi connectivity index (χ0v) is 23.0. The summed E-state index contributed by atoms with van der Waals surface area (Å²) >= 11 is 12.0. The third-order valence-corrected chi connectivity index (χ3v) is 6.88. The lowest BCUT2D eigenvalue weighted by atomic mass is 10.1. The Bertz CT molecular complexity index is 1340. The summed E-state index contributed by atoms with van der Waals surface area (Å²) in [6, 6.07) is 18.2. The van der Waals surface area contributed by atoms with Gasteiger partial charge in [0.15, 0.2) is 5.11 Å². The van der Waals surface area contributed by atoms with Crippen LogP contribution in [0.15, 0.2) is 60.7 Å². The van der Waals surface area contributed by atoms with Crippen LogP contribution in [-0.4, -0.2) is 62.2 Å². The molecule has 2 N–H and O–H groups in total. The highest BCUT2D eigenvalue weighted by Crippen LogP contribution is 2.31. The zero-order valence-electron chi connectivity index (χ0n) is 21.4. The van der Waals surface area contributed by atoms with Crippen molar-refractivity contribution >= 4 is 52.1 Å². The van der Waals surface area contributed by atoms with Crippen LogP contribution in [0.25, 0.3) is 0 Å². The van der Waals surface area contributed by atoms with Crippen LogP contribution in [0.4, 0.5) is 11.4 Å². The average molecular weight is 553 g/mol. The third kappa shape index (κ3) is 6.00. The van der Waals surface area contributed by atoms with Gasteiger partial charge in [0.2, 0.25) is 0 Å². The first-order valence-corrected chi connectivity index (χ1v) is 12.8. The molecule has 38 heavy (non-hydrogen) atoms. The van der Waals surface area contributed by atoms with E-state index in [1.807, 2.05) is 48.2 Å². The lowest BCUT2D eigenvalue weighted by Gasteiger charge is -2.36. The summed E-state index contributed by atoms with van der Waals surface area (Å²) in [5.41, 5.74) is 3.46. The smallest absolute Gasteiger partial charge is 0.264 e. The fourth-order valence-corrected chi connectivity index (χ4v) is 4.89. The quantitative estimate of drug-likeness (QED) is 0.427. The molecular formula is C28H29ClN4O4S. The molecule has 1 aliphatic rings. The second-order valence-electron chi connectivity index (χ2n) is 8.71. The van der Waals surface area contributed by atoms with Crippen LogP contribution >= 0.6 is 23.8 Å². The van der Waals surface area contributed by atoms with Crippen LogP contribution in [0, 0.1) is 6.92 Å². The number of benzene rings is 3. The Morgan fingerprint density at radius 1 is 0.921 bits per heavy atom. The molecule has 3 aromatic rings. The number of amides is 2. The zero-order chi connectivity index (χ0) is 27.2. The highest BCUT2D eigenvalue weighted by molar-refractivity contribution is 7.80. The summed E-state index contributed by atoms with van der Waals surface area (Å²) in [5.74, 6) is 0.336. The van der Waals surface area contributed by atoms with Crippen molar-refractivity contribution in [2.45, 2.75) is 6.92 Å². The maximum atomic E-state index is 12.9. The maximum absolute atomic E-state index is 12.9. The molecule has 0 atom stereocenters. The maximum Gasteiger partial charge on any atom is 0.264 e. The minimum Gasteiger partial charge on any atom is -0.496 e. The Morgan fingerprint density at radius 3 is 2.18 bits per heavy atom. The summed E-state index contributed by atoms with van der Waals surface area (Å²) in [5, 5.41) is 6.29. The molecule has 1 aliphatic heterocycles. The van der Waals surface area contributed by atoms with Crippen LogP contribution in [0.3, 0.4) is 0 Å². The molecule has 10 heteroatoms. The molecule has 198 valence electrons. The van der Waals surface area contributed by atoms with E-state index in [0.717, 1.165) is 16.8 Å². The number of carbonyl (C=O) groups excluding carboxylic acids is 2. The van der Waals surface area contributed by atoms with Crippen molar-refractivity contribution in [2.75, 3.05) is 50.6 Å². The minimum atomic E-state index is -0.461. The van der Waals surface area contributed by atoms with Crippen LogP contribution in [-0.2, 0) is 0 Å². The summed E-state index contributed by atoms with van der Waals surface area (Å²) in [7, 11) is 2.96. The highest BCUT2D eigenvalue weighted by atomic mass is 35.5. The van der Waals surface area contributed by atoms with Gasteiger partial charge >= 0.3 is 0 Å². The van der Waals surface area contributed by atoms with Crippen molar-refractivity contribution in [1.29, 1.82) is 0 Å². The van der Waals surface area contributed by atoms with E-state index in [2.05, 4.69) is 15.5 Å². The molecule has 1 heterocycles. The number of anilines is 2. The number of methoxy groups -OCH3 is 2. The third-order valence-electron chi connectivity index (χ3n) is 6.37. The fourth-order valence-electron chi connectivity index (χ4n) is 4.38. The molecule has 0 unspecified atom stereocenters. The van der Waals surface area contributed by atoms with E-state index < -0.39 is 5.91 Å². The molecule has 0 aliphatic carbocycles. The number of ether oxygens (including phenoxy) is 2. The van der Waals surface area contributed by atoms with E-state index >= 15 is 0 Å². The second kappa shape index (κ2) is 12.1. The molecule has 4 rings (SSSR count). The van der Waals surface area contributed by atoms with Crippen molar-refractivity contribution in [3.63, 3.8) is 0 Å². The van der Waals surface area contributed by atoms with Gasteiger partial charge in [0.1, 0.15) is 17.1 Å². The SMILES string of the molecule is COc1cccc(OC)c1C(=O)NC(=S)Nc1ccc(N2CCN(C(=O)c3ccccc3C)CC2)c(Cl)c1. The first kappa shape index (κ1) is 27.2. The second-order valence-corrected chi connectivity index (χ2v) is 9.52. The first-order valence-electron chi connectivity index (χ1n) is 12.0. The lowest BCUT2D eigenvalue weighted by molar-refractivity contribution is 0.0746. The van der Waals surface area contributed by atoms with E-state index in [-0.39, 0.29) is 16.6 Å². The monoisotopic (exact) mass is 552 g/mol. The Morgan fingerprint density at radius 2 is 1.58 bits per heavy atom. The van der Waals surface area contributed by atoms with E-state index in [0.29, 0.717) is 48.4 Å². The number of nitrogens with zero attached hydrogens (tertiary/aromatic N) is 2. The Hall–Kier alpha value is -3.82. The number of carbonyl (C=O) groups is 2. The van der Waals surface area contributed by atoms with E-state index in [9.17, 15) is 9.59 Å². The Labute approximate surface area is 232 Å². The molecule has 0 bridgehead atoms. The van der Waals surface area contributed by atoms with E-state index in [4.69, 9.17) is 33.3 Å². The predicted octanol–water partition coefficient (Wildman–Crippen LogP) is 4.75. The number of halogens is 1.